The van der Waals surface area contributed by atoms with Gasteiger partial charge < -0.3 is 40.7 Å². The zero-order chi connectivity index (χ0) is 62.2. The van der Waals surface area contributed by atoms with Crippen molar-refractivity contribution in [1.82, 2.24) is 24.8 Å². The quantitative estimate of drug-likeness (QED) is 0.0101. The number of ether oxygens (including phenoxy) is 2. The molecule has 9 N–H and O–H groups in total. The van der Waals surface area contributed by atoms with E-state index in [0.717, 1.165) is 53.1 Å². The number of nitrogens with zero attached hydrogens (tertiary/aromatic N) is 5. The summed E-state index contributed by atoms with van der Waals surface area (Å²) in [5.41, 5.74) is 12.0. The van der Waals surface area contributed by atoms with Crippen molar-refractivity contribution in [2.24, 2.45) is 0 Å². The summed E-state index contributed by atoms with van der Waals surface area (Å²) in [6.07, 6.45) is 12.6. The van der Waals surface area contributed by atoms with Crippen molar-refractivity contribution in [2.75, 3.05) is 54.5 Å². The third-order valence-electron chi connectivity index (χ3n) is 16.4. The molecule has 2 fully saturated rings. The number of nitrogen functional groups attached to an aromatic ring is 1. The number of imidazole rings is 1. The molecule has 87 heavy (non-hydrogen) atoms. The van der Waals surface area contributed by atoms with Gasteiger partial charge in [0.15, 0.2) is 23.1 Å². The number of likely N-dealkylation sites (N-methyl/N-ethyl adjacent to an activating group) is 1. The largest absolute Gasteiger partial charge is 0.472 e. The van der Waals surface area contributed by atoms with Gasteiger partial charge in [0.2, 0.25) is 23.5 Å². The lowest BCUT2D eigenvalue weighted by molar-refractivity contribution is -0.437. The Kier molecular flexibility index (Phi) is 18.2. The third-order valence-corrected chi connectivity index (χ3v) is 19.0. The Balaban J connectivity index is 0.811. The minimum atomic E-state index is -4.65. The number of carbonyl (C=O) groups excluding carboxylic acids is 1. The first-order valence-electron chi connectivity index (χ1n) is 28.9. The molecule has 5 aromatic rings. The molecule has 5 aliphatic heterocycles. The second-order valence-corrected chi connectivity index (χ2v) is 27.4. The zero-order valence-corrected chi connectivity index (χ0v) is 51.4. The molecule has 3 aromatic carbocycles. The van der Waals surface area contributed by atoms with Crippen LogP contribution in [0.2, 0.25) is 0 Å². The monoisotopic (exact) mass is 1250 g/mol. The van der Waals surface area contributed by atoms with Crippen molar-refractivity contribution in [3.8, 4) is 5.75 Å². The molecule has 24 nitrogen and oxygen atoms in total. The van der Waals surface area contributed by atoms with E-state index >= 15 is 0 Å². The highest BCUT2D eigenvalue weighted by Crippen LogP contribution is 2.53. The van der Waals surface area contributed by atoms with E-state index < -0.39 is 69.3 Å². The number of allylic oxidation sites excluding steroid dienone is 8. The molecule has 0 saturated carbocycles. The fourth-order valence-corrected chi connectivity index (χ4v) is 14.3. The van der Waals surface area contributed by atoms with Crippen LogP contribution < -0.4 is 31.6 Å². The molecule has 6 atom stereocenters. The average molecular weight is 1260 g/mol. The van der Waals surface area contributed by atoms with Crippen LogP contribution in [0.1, 0.15) is 114 Å². The van der Waals surface area contributed by atoms with E-state index in [1.165, 1.54) is 22.3 Å². The number of phosphoric acid groups is 1. The third kappa shape index (κ3) is 13.6. The highest BCUT2D eigenvalue weighted by molar-refractivity contribution is 7.86. The predicted octanol–water partition coefficient (Wildman–Crippen LogP) is 7.97. The van der Waals surface area contributed by atoms with Crippen molar-refractivity contribution in [3.63, 3.8) is 0 Å². The lowest BCUT2D eigenvalue weighted by Gasteiger charge is -2.43. The molecular formula is C60H73N9O15PS2+. The lowest BCUT2D eigenvalue weighted by Crippen LogP contribution is -2.44. The Bertz CT molecular complexity index is 4050. The number of phosphoric ester groups is 1. The first-order valence-corrected chi connectivity index (χ1v) is 33.5. The Labute approximate surface area is 504 Å². The maximum absolute atomic E-state index is 13.4. The molecule has 464 valence electrons. The average Bonchev–Trinajstić information content (AvgIpc) is 1.75. The maximum atomic E-state index is 13.4. The van der Waals surface area contributed by atoms with Crippen LogP contribution in [-0.2, 0) is 48.8 Å². The zero-order valence-electron chi connectivity index (χ0n) is 48.9. The van der Waals surface area contributed by atoms with E-state index in [1.807, 2.05) is 78.3 Å². The summed E-state index contributed by atoms with van der Waals surface area (Å²) in [5, 5.41) is 17.4. The van der Waals surface area contributed by atoms with E-state index in [2.05, 4.69) is 76.4 Å². The molecule has 0 aliphatic carbocycles. The van der Waals surface area contributed by atoms with Crippen LogP contribution in [0.3, 0.4) is 0 Å². The highest BCUT2D eigenvalue weighted by atomic mass is 32.2. The van der Waals surface area contributed by atoms with Crippen LogP contribution >= 0.6 is 7.82 Å². The number of amides is 1. The van der Waals surface area contributed by atoms with E-state index in [-0.39, 0.29) is 65.4 Å². The molecule has 0 bridgehead atoms. The second kappa shape index (κ2) is 25.2. The van der Waals surface area contributed by atoms with Gasteiger partial charge in [-0.2, -0.15) is 26.4 Å². The van der Waals surface area contributed by atoms with Gasteiger partial charge in [-0.3, -0.25) is 37.3 Å². The smallest absolute Gasteiger partial charge is 0.456 e. The van der Waals surface area contributed by atoms with Crippen molar-refractivity contribution >= 4 is 91.0 Å². The Morgan fingerprint density at radius 2 is 1.72 bits per heavy atom. The summed E-state index contributed by atoms with van der Waals surface area (Å²) < 4.78 is 107. The number of rotatable bonds is 23. The Hall–Kier alpha value is -7.10. The number of aromatic nitrogens is 4. The fraction of sp³-hybridized carbons (Fsp3) is 0.417. The highest BCUT2D eigenvalue weighted by Gasteiger charge is 2.53. The van der Waals surface area contributed by atoms with Gasteiger partial charge in [-0.15, -0.1) is 0 Å². The van der Waals surface area contributed by atoms with Crippen LogP contribution in [0, 0.1) is 0 Å². The number of aliphatic hydroxyl groups excluding tert-OH is 1. The van der Waals surface area contributed by atoms with Crippen LogP contribution in [0.4, 0.5) is 23.3 Å². The number of nitrogens with one attached hydrogen (secondary N) is 3. The van der Waals surface area contributed by atoms with Gasteiger partial charge in [0.25, 0.3) is 25.8 Å². The summed E-state index contributed by atoms with van der Waals surface area (Å²) in [7, 11) is -13.4. The number of aromatic amines is 1. The summed E-state index contributed by atoms with van der Waals surface area (Å²) in [6.45, 7) is 12.0. The number of fused-ring (bicyclic) bond motifs is 5. The van der Waals surface area contributed by atoms with Crippen LogP contribution in [-0.4, -0.2) is 134 Å². The molecule has 2 saturated heterocycles. The first kappa shape index (κ1) is 62.9. The summed E-state index contributed by atoms with van der Waals surface area (Å²) in [5.74, 6) is 0.632. The molecule has 0 spiro atoms. The van der Waals surface area contributed by atoms with E-state index in [4.69, 9.17) is 24.3 Å². The predicted molar refractivity (Wildman–Crippen MR) is 330 cm³/mol. The number of anilines is 3. The molecule has 27 heteroatoms. The van der Waals surface area contributed by atoms with Gasteiger partial charge in [0.05, 0.1) is 28.2 Å². The van der Waals surface area contributed by atoms with Crippen LogP contribution in [0.5, 0.6) is 5.75 Å². The molecular weight excluding hydrogens is 1180 g/mol. The molecule has 2 unspecified atom stereocenters. The molecule has 10 rings (SSSR count). The van der Waals surface area contributed by atoms with Gasteiger partial charge >= 0.3 is 7.82 Å². The molecule has 5 aliphatic rings. The Morgan fingerprint density at radius 1 is 0.966 bits per heavy atom. The van der Waals surface area contributed by atoms with Gasteiger partial charge in [-0.25, -0.2) is 9.55 Å². The van der Waals surface area contributed by atoms with Crippen LogP contribution in [0.15, 0.2) is 113 Å². The number of hydrogen-bond acceptors (Lipinski definition) is 17. The van der Waals surface area contributed by atoms with Crippen molar-refractivity contribution in [3.05, 3.63) is 136 Å². The van der Waals surface area contributed by atoms with Gasteiger partial charge in [-0.05, 0) is 95.7 Å². The van der Waals surface area contributed by atoms with Gasteiger partial charge in [-0.1, -0.05) is 73.6 Å². The first-order chi connectivity index (χ1) is 41.2. The van der Waals surface area contributed by atoms with E-state index in [1.54, 1.807) is 6.07 Å². The SMILES string of the molecule is CCN1c2cc3c(cc2C(C)=CC1(C)C)C(=CC=CC=CC1=[N+](CCCS(=O)(=O)O)c2ccc(S(=O)(=O)O)cc2C1(C)CCCC(=O)NCCCCCCNc1nc2c(=O)[nH]c(N)nc2n1[C@@H]1O[C@@H]2COP(=O)(O)O[C@H]2[C@H]1O)C=C(c1ccccc1)O3. The normalized spacial score (nSPS) is 23.8. The van der Waals surface area contributed by atoms with Crippen molar-refractivity contribution in [1.29, 1.82) is 0 Å². The van der Waals surface area contributed by atoms with Crippen molar-refractivity contribution in [2.45, 2.75) is 126 Å². The van der Waals surface area contributed by atoms with E-state index in [9.17, 15) is 50.1 Å². The maximum Gasteiger partial charge on any atom is 0.472 e. The molecule has 0 radical (unpaired) electrons. The second-order valence-electron chi connectivity index (χ2n) is 23.0. The fourth-order valence-electron chi connectivity index (χ4n) is 12.4. The number of aliphatic hydroxyl groups is 1. The summed E-state index contributed by atoms with van der Waals surface area (Å²) in [4.78, 5) is 49.2. The lowest BCUT2D eigenvalue weighted by atomic mass is 9.75. The molecule has 2 aromatic heterocycles. The number of hydrogen-bond donors (Lipinski definition) is 8. The number of nitrogens with two attached hydrogens (primary N) is 1. The topological polar surface area (TPSA) is 340 Å². The minimum Gasteiger partial charge on any atom is -0.456 e. The van der Waals surface area contributed by atoms with E-state index in [0.29, 0.717) is 61.5 Å². The number of benzene rings is 3. The van der Waals surface area contributed by atoms with Crippen molar-refractivity contribution < 1.29 is 68.4 Å². The van der Waals surface area contributed by atoms with Crippen LogP contribution in [0.25, 0.3) is 28.1 Å². The number of unbranched alkanes of at least 4 members (excludes halogenated alkanes) is 3. The van der Waals surface area contributed by atoms with Gasteiger partial charge in [0, 0.05) is 78.6 Å². The minimum absolute atomic E-state index is 0.00969. The standard InChI is InChI=1S/C60H72N9O15PS2/c1-6-68-45-34-47-42(33-41(45)37(2)35-59(68,3)4)39(31-46(82-47)38-19-11-9-12-20-38)21-13-10-14-22-49-60(5,43-32-40(87(78,79)80)24-25-44(43)67(49)29-18-30-86(75,76)77)26-17-23-50(70)62-27-15-7-8-16-28-63-58-64-51-54(65-57(61)66-55(51)72)69(58)56-52(71)53-48(83-56)36-81-85(73,74)84-53/h9-14,19-22,24-25,31-35,48,52-53,56,71H,6-8,15-18,23,26-30,36H2,1-5H3,(H7-,61,62,63,64,65,66,70,72,73,74,75,76,77,78,79,80)/p+1/t48-,52-,53-,56-,60?/m1/s1. The summed E-state index contributed by atoms with van der Waals surface area (Å²) in [6, 6.07) is 18.5. The number of H-pyrrole nitrogens is 1. The number of carbonyl (C=O) groups is 1. The molecule has 1 amide bonds. The van der Waals surface area contributed by atoms with Gasteiger partial charge in [0.1, 0.15) is 36.4 Å². The molecule has 7 heterocycles. The Morgan fingerprint density at radius 3 is 2.46 bits per heavy atom. The summed E-state index contributed by atoms with van der Waals surface area (Å²) >= 11 is 0.